The number of ether oxygens (including phenoxy) is 1. The largest absolute Gasteiger partial charge is 0.491 e. The Hall–Kier alpha value is -0.770. The van der Waals surface area contributed by atoms with Crippen LogP contribution >= 0.6 is 11.6 Å². The van der Waals surface area contributed by atoms with Crippen molar-refractivity contribution in [1.29, 1.82) is 0 Å². The Labute approximate surface area is 132 Å². The minimum Gasteiger partial charge on any atom is -0.491 e. The predicted molar refractivity (Wildman–Crippen MR) is 87.0 cm³/mol. The highest BCUT2D eigenvalue weighted by molar-refractivity contribution is 6.31. The summed E-state index contributed by atoms with van der Waals surface area (Å²) in [6, 6.07) is 5.96. The van der Waals surface area contributed by atoms with E-state index in [1.165, 1.54) is 0 Å². The molecule has 0 amide bonds. The normalized spacial score (nSPS) is 21.1. The Balaban J connectivity index is 1.76. The third-order valence-corrected chi connectivity index (χ3v) is 5.57. The second-order valence-electron chi connectivity index (χ2n) is 7.16. The van der Waals surface area contributed by atoms with Gasteiger partial charge < -0.3 is 15.2 Å². The van der Waals surface area contributed by atoms with Gasteiger partial charge in [-0.15, -0.1) is 0 Å². The first-order valence-corrected chi connectivity index (χ1v) is 7.84. The topological polar surface area (TPSA) is 41.5 Å². The Morgan fingerprint density at radius 3 is 2.43 bits per heavy atom. The van der Waals surface area contributed by atoms with Gasteiger partial charge in [0.25, 0.3) is 0 Å². The van der Waals surface area contributed by atoms with Crippen molar-refractivity contribution in [2.75, 3.05) is 13.2 Å². The number of halogens is 1. The smallest absolute Gasteiger partial charge is 0.119 e. The average Bonchev–Trinajstić information content (AvgIpc) is 2.78. The van der Waals surface area contributed by atoms with Crippen LogP contribution in [0.1, 0.15) is 33.3 Å². The Morgan fingerprint density at radius 2 is 1.90 bits per heavy atom. The molecule has 21 heavy (non-hydrogen) atoms. The lowest BCUT2D eigenvalue weighted by Gasteiger charge is -2.14. The van der Waals surface area contributed by atoms with E-state index in [1.807, 2.05) is 25.1 Å². The van der Waals surface area contributed by atoms with Gasteiger partial charge in [-0.05, 0) is 41.5 Å². The van der Waals surface area contributed by atoms with Crippen LogP contribution in [0.25, 0.3) is 0 Å². The molecule has 118 valence electrons. The molecule has 0 heterocycles. The lowest BCUT2D eigenvalue weighted by atomic mass is 10.0. The van der Waals surface area contributed by atoms with Crippen molar-refractivity contribution < 1.29 is 9.84 Å². The molecule has 2 N–H and O–H groups in total. The number of aliphatic hydroxyl groups is 1. The molecule has 1 aromatic rings. The summed E-state index contributed by atoms with van der Waals surface area (Å²) in [5.41, 5.74) is 1.53. The van der Waals surface area contributed by atoms with Gasteiger partial charge in [0.2, 0.25) is 0 Å². The molecule has 2 rings (SSSR count). The molecule has 1 aliphatic rings. The fourth-order valence-corrected chi connectivity index (χ4v) is 3.04. The molecule has 1 atom stereocenters. The third kappa shape index (κ3) is 3.36. The summed E-state index contributed by atoms with van der Waals surface area (Å²) in [7, 11) is 0. The van der Waals surface area contributed by atoms with Crippen LogP contribution in [0.5, 0.6) is 5.75 Å². The number of nitrogens with one attached hydrogen (secondary N) is 1. The third-order valence-electron chi connectivity index (χ3n) is 5.15. The molecule has 1 aliphatic carbocycles. The summed E-state index contributed by atoms with van der Waals surface area (Å²) in [6.45, 7) is 11.8. The SMILES string of the molecule is Cc1cc(OCC(O)CNC2C(C)(C)C2(C)C)ccc1Cl. The standard InChI is InChI=1S/C17H26ClNO2/c1-11-8-13(6-7-14(11)18)21-10-12(20)9-19-15-16(2,3)17(15,4)5/h6-8,12,15,19-20H,9-10H2,1-5H3. The number of aliphatic hydroxyl groups excluding tert-OH is 1. The maximum Gasteiger partial charge on any atom is 0.119 e. The van der Waals surface area contributed by atoms with Crippen molar-refractivity contribution in [1.82, 2.24) is 5.32 Å². The minimum atomic E-state index is -0.520. The van der Waals surface area contributed by atoms with Crippen molar-refractivity contribution in [2.45, 2.75) is 46.8 Å². The molecular formula is C17H26ClNO2. The molecule has 1 fully saturated rings. The average molecular weight is 312 g/mol. The van der Waals surface area contributed by atoms with Crippen molar-refractivity contribution in [2.24, 2.45) is 10.8 Å². The van der Waals surface area contributed by atoms with Crippen LogP contribution < -0.4 is 10.1 Å². The van der Waals surface area contributed by atoms with Gasteiger partial charge in [0.15, 0.2) is 0 Å². The number of hydrogen-bond donors (Lipinski definition) is 2. The van der Waals surface area contributed by atoms with E-state index >= 15 is 0 Å². The van der Waals surface area contributed by atoms with Crippen molar-refractivity contribution in [3.05, 3.63) is 28.8 Å². The fourth-order valence-electron chi connectivity index (χ4n) is 2.92. The first-order valence-electron chi connectivity index (χ1n) is 7.46. The summed E-state index contributed by atoms with van der Waals surface area (Å²) in [5.74, 6) is 0.739. The molecule has 1 saturated carbocycles. The van der Waals surface area contributed by atoms with Gasteiger partial charge in [-0.2, -0.15) is 0 Å². The quantitative estimate of drug-likeness (QED) is 0.846. The molecule has 1 unspecified atom stereocenters. The van der Waals surface area contributed by atoms with E-state index in [-0.39, 0.29) is 17.4 Å². The lowest BCUT2D eigenvalue weighted by molar-refractivity contribution is 0.105. The Kier molecular flexibility index (Phi) is 4.57. The van der Waals surface area contributed by atoms with E-state index in [9.17, 15) is 5.11 Å². The first kappa shape index (κ1) is 16.6. The van der Waals surface area contributed by atoms with Crippen molar-refractivity contribution in [3.8, 4) is 5.75 Å². The zero-order valence-corrected chi connectivity index (χ0v) is 14.3. The molecule has 3 nitrogen and oxygen atoms in total. The Bertz CT molecular complexity index is 500. The summed E-state index contributed by atoms with van der Waals surface area (Å²) in [5, 5.41) is 14.2. The number of benzene rings is 1. The predicted octanol–water partition coefficient (Wildman–Crippen LogP) is 3.41. The lowest BCUT2D eigenvalue weighted by Crippen LogP contribution is -2.34. The van der Waals surface area contributed by atoms with Gasteiger partial charge in [0.1, 0.15) is 18.5 Å². The van der Waals surface area contributed by atoms with Crippen LogP contribution in [0.2, 0.25) is 5.02 Å². The highest BCUT2D eigenvalue weighted by Gasteiger charge is 2.64. The molecule has 0 aliphatic heterocycles. The van der Waals surface area contributed by atoms with Crippen molar-refractivity contribution >= 4 is 11.6 Å². The summed E-state index contributed by atoms with van der Waals surface area (Å²) < 4.78 is 5.61. The summed E-state index contributed by atoms with van der Waals surface area (Å²) in [6.07, 6.45) is -0.520. The van der Waals surface area contributed by atoms with E-state index in [0.717, 1.165) is 16.3 Å². The van der Waals surface area contributed by atoms with Gasteiger partial charge in [0.05, 0.1) is 0 Å². The monoisotopic (exact) mass is 311 g/mol. The Morgan fingerprint density at radius 1 is 1.29 bits per heavy atom. The molecule has 0 saturated heterocycles. The number of rotatable bonds is 6. The second kappa shape index (κ2) is 5.79. The van der Waals surface area contributed by atoms with Crippen molar-refractivity contribution in [3.63, 3.8) is 0 Å². The maximum absolute atomic E-state index is 10.0. The zero-order valence-electron chi connectivity index (χ0n) is 13.5. The number of hydrogen-bond acceptors (Lipinski definition) is 3. The van der Waals surface area contributed by atoms with Crippen LogP contribution in [0.3, 0.4) is 0 Å². The molecule has 0 radical (unpaired) electrons. The van der Waals surface area contributed by atoms with E-state index in [1.54, 1.807) is 0 Å². The minimum absolute atomic E-state index is 0.279. The first-order chi connectivity index (χ1) is 9.66. The van der Waals surface area contributed by atoms with Crippen LogP contribution in [-0.4, -0.2) is 30.4 Å². The highest BCUT2D eigenvalue weighted by Crippen LogP contribution is 2.62. The van der Waals surface area contributed by atoms with Crippen LogP contribution in [0.15, 0.2) is 18.2 Å². The zero-order chi connectivity index (χ0) is 15.8. The highest BCUT2D eigenvalue weighted by atomic mass is 35.5. The van der Waals surface area contributed by atoms with Gasteiger partial charge in [-0.25, -0.2) is 0 Å². The van der Waals surface area contributed by atoms with Crippen LogP contribution in [0.4, 0.5) is 0 Å². The fraction of sp³-hybridized carbons (Fsp3) is 0.647. The van der Waals surface area contributed by atoms with E-state index in [4.69, 9.17) is 16.3 Å². The maximum atomic E-state index is 10.0. The van der Waals surface area contributed by atoms with Crippen LogP contribution in [0, 0.1) is 17.8 Å². The molecule has 1 aromatic carbocycles. The van der Waals surface area contributed by atoms with Gasteiger partial charge in [0, 0.05) is 17.6 Å². The second-order valence-corrected chi connectivity index (χ2v) is 7.57. The van der Waals surface area contributed by atoms with E-state index in [0.29, 0.717) is 12.6 Å². The van der Waals surface area contributed by atoms with Gasteiger partial charge in [-0.1, -0.05) is 39.3 Å². The van der Waals surface area contributed by atoms with E-state index in [2.05, 4.69) is 33.0 Å². The molecule has 0 aromatic heterocycles. The molecule has 0 spiro atoms. The summed E-state index contributed by atoms with van der Waals surface area (Å²) in [4.78, 5) is 0. The van der Waals surface area contributed by atoms with Gasteiger partial charge >= 0.3 is 0 Å². The molecule has 0 bridgehead atoms. The number of aryl methyl sites for hydroxylation is 1. The summed E-state index contributed by atoms with van der Waals surface area (Å²) >= 11 is 5.97. The molecular weight excluding hydrogens is 286 g/mol. The van der Waals surface area contributed by atoms with Gasteiger partial charge in [-0.3, -0.25) is 0 Å². The molecule has 4 heteroatoms. The van der Waals surface area contributed by atoms with E-state index < -0.39 is 6.10 Å². The van der Waals surface area contributed by atoms with Crippen LogP contribution in [-0.2, 0) is 0 Å².